The first-order valence-electron chi connectivity index (χ1n) is 7.36. The van der Waals surface area contributed by atoms with Gasteiger partial charge < -0.3 is 15.2 Å². The van der Waals surface area contributed by atoms with Crippen LogP contribution >= 0.6 is 15.9 Å². The maximum atomic E-state index is 12.3. The lowest BCUT2D eigenvalue weighted by Crippen LogP contribution is -2.45. The molecule has 132 valence electrons. The first-order valence-corrected chi connectivity index (χ1v) is 8.15. The molecule has 0 radical (unpaired) electrons. The molecule has 2 aromatic carbocycles. The van der Waals surface area contributed by atoms with Crippen LogP contribution in [-0.4, -0.2) is 28.1 Å². The van der Waals surface area contributed by atoms with Crippen molar-refractivity contribution in [2.45, 2.75) is 19.4 Å². The highest BCUT2D eigenvalue weighted by molar-refractivity contribution is 9.10. The van der Waals surface area contributed by atoms with Crippen molar-refractivity contribution in [1.29, 1.82) is 0 Å². The minimum atomic E-state index is -1.78. The molecule has 0 spiro atoms. The van der Waals surface area contributed by atoms with Crippen LogP contribution in [0, 0.1) is 17.0 Å². The average Bonchev–Trinajstić information content (AvgIpc) is 2.54. The number of nitrogens with zero attached hydrogens (tertiary/aromatic N) is 1. The fraction of sp³-hybridized carbons (Fsp3) is 0.235. The number of hydrogen-bond donors (Lipinski definition) is 2. The molecular formula is C17H17BrN2O5. The van der Waals surface area contributed by atoms with Gasteiger partial charge in [0.25, 0.3) is 11.6 Å². The Morgan fingerprint density at radius 1 is 1.32 bits per heavy atom. The second kappa shape index (κ2) is 7.62. The predicted molar refractivity (Wildman–Crippen MR) is 96.7 cm³/mol. The maximum absolute atomic E-state index is 12.3. The van der Waals surface area contributed by atoms with E-state index in [9.17, 15) is 20.0 Å². The van der Waals surface area contributed by atoms with Crippen LogP contribution in [0.25, 0.3) is 0 Å². The number of nitrogens with one attached hydrogen (secondary N) is 1. The van der Waals surface area contributed by atoms with Crippen LogP contribution in [0.2, 0.25) is 0 Å². The monoisotopic (exact) mass is 408 g/mol. The molecule has 0 aromatic heterocycles. The molecule has 25 heavy (non-hydrogen) atoms. The van der Waals surface area contributed by atoms with Crippen molar-refractivity contribution in [2.75, 3.05) is 11.9 Å². The normalized spacial score (nSPS) is 13.0. The third kappa shape index (κ3) is 5.01. The van der Waals surface area contributed by atoms with Crippen LogP contribution in [0.1, 0.15) is 12.5 Å². The molecule has 0 unspecified atom stereocenters. The van der Waals surface area contributed by atoms with Crippen LogP contribution < -0.4 is 10.1 Å². The summed E-state index contributed by atoms with van der Waals surface area (Å²) in [6.45, 7) is 2.66. The number of aliphatic hydroxyl groups is 1. The van der Waals surface area contributed by atoms with Crippen molar-refractivity contribution >= 4 is 33.2 Å². The number of benzene rings is 2. The molecule has 1 amide bonds. The average molecular weight is 409 g/mol. The molecule has 7 nitrogen and oxygen atoms in total. The SMILES string of the molecule is Cc1cc(NC(=O)[C@](C)(O)COc2ccc(Br)cc2)ccc1[N+](=O)[O-]. The van der Waals surface area contributed by atoms with Gasteiger partial charge in [0, 0.05) is 21.8 Å². The van der Waals surface area contributed by atoms with Crippen molar-refractivity contribution in [1.82, 2.24) is 0 Å². The first-order chi connectivity index (χ1) is 11.7. The van der Waals surface area contributed by atoms with Gasteiger partial charge in [-0.15, -0.1) is 0 Å². The summed E-state index contributed by atoms with van der Waals surface area (Å²) in [5.41, 5.74) is -1.04. The lowest BCUT2D eigenvalue weighted by molar-refractivity contribution is -0.385. The van der Waals surface area contributed by atoms with E-state index in [0.29, 0.717) is 17.0 Å². The van der Waals surface area contributed by atoms with Crippen LogP contribution in [0.3, 0.4) is 0 Å². The zero-order valence-electron chi connectivity index (χ0n) is 13.7. The Balaban J connectivity index is 2.01. The lowest BCUT2D eigenvalue weighted by atomic mass is 10.1. The number of halogens is 1. The van der Waals surface area contributed by atoms with Crippen LogP contribution in [-0.2, 0) is 4.79 Å². The Morgan fingerprint density at radius 2 is 1.96 bits per heavy atom. The summed E-state index contributed by atoms with van der Waals surface area (Å²) < 4.78 is 6.32. The number of nitro groups is 1. The van der Waals surface area contributed by atoms with Gasteiger partial charge in [0.15, 0.2) is 5.60 Å². The van der Waals surface area contributed by atoms with E-state index in [1.165, 1.54) is 25.1 Å². The molecule has 0 aliphatic carbocycles. The Labute approximate surface area is 152 Å². The number of ether oxygens (including phenoxy) is 1. The van der Waals surface area contributed by atoms with E-state index in [4.69, 9.17) is 4.74 Å². The summed E-state index contributed by atoms with van der Waals surface area (Å²) >= 11 is 3.30. The number of rotatable bonds is 6. The molecule has 1 atom stereocenters. The van der Waals surface area contributed by atoms with Crippen molar-refractivity contribution < 1.29 is 19.6 Å². The molecule has 2 aromatic rings. The summed E-state index contributed by atoms with van der Waals surface area (Å²) in [7, 11) is 0. The number of carbonyl (C=O) groups excluding carboxylic acids is 1. The highest BCUT2D eigenvalue weighted by Gasteiger charge is 2.31. The van der Waals surface area contributed by atoms with Gasteiger partial charge in [-0.1, -0.05) is 15.9 Å². The Morgan fingerprint density at radius 3 is 2.52 bits per heavy atom. The number of carbonyl (C=O) groups is 1. The van der Waals surface area contributed by atoms with Crippen LogP contribution in [0.15, 0.2) is 46.9 Å². The van der Waals surface area contributed by atoms with Gasteiger partial charge in [-0.3, -0.25) is 14.9 Å². The molecule has 0 saturated heterocycles. The van der Waals surface area contributed by atoms with E-state index < -0.39 is 16.4 Å². The smallest absolute Gasteiger partial charge is 0.272 e. The summed E-state index contributed by atoms with van der Waals surface area (Å²) in [6, 6.07) is 11.2. The van der Waals surface area contributed by atoms with E-state index >= 15 is 0 Å². The number of amides is 1. The van der Waals surface area contributed by atoms with E-state index in [2.05, 4.69) is 21.2 Å². The van der Waals surface area contributed by atoms with Crippen molar-refractivity contribution in [2.24, 2.45) is 0 Å². The van der Waals surface area contributed by atoms with Crippen LogP contribution in [0.5, 0.6) is 5.75 Å². The van der Waals surface area contributed by atoms with Gasteiger partial charge in [0.1, 0.15) is 12.4 Å². The molecular weight excluding hydrogens is 392 g/mol. The predicted octanol–water partition coefficient (Wildman–Crippen LogP) is 3.43. The van der Waals surface area contributed by atoms with Gasteiger partial charge in [-0.05, 0) is 50.2 Å². The van der Waals surface area contributed by atoms with E-state index in [-0.39, 0.29) is 12.3 Å². The zero-order chi connectivity index (χ0) is 18.6. The van der Waals surface area contributed by atoms with Crippen molar-refractivity contribution in [3.8, 4) is 5.75 Å². The lowest BCUT2D eigenvalue weighted by Gasteiger charge is -2.22. The van der Waals surface area contributed by atoms with Gasteiger partial charge in [-0.2, -0.15) is 0 Å². The molecule has 0 heterocycles. The molecule has 2 N–H and O–H groups in total. The van der Waals surface area contributed by atoms with Gasteiger partial charge in [-0.25, -0.2) is 0 Å². The largest absolute Gasteiger partial charge is 0.490 e. The number of anilines is 1. The minimum absolute atomic E-state index is 0.0386. The standard InChI is InChI=1S/C17H17BrN2O5/c1-11-9-13(5-8-15(11)20(23)24)19-16(21)17(2,22)10-25-14-6-3-12(18)4-7-14/h3-9,22H,10H2,1-2H3,(H,19,21)/t17-/m1/s1. The Bertz CT molecular complexity index is 790. The summed E-state index contributed by atoms with van der Waals surface area (Å²) in [5, 5.41) is 23.7. The molecule has 0 bridgehead atoms. The summed E-state index contributed by atoms with van der Waals surface area (Å²) in [4.78, 5) is 22.6. The summed E-state index contributed by atoms with van der Waals surface area (Å²) in [5.74, 6) is -0.152. The Kier molecular flexibility index (Phi) is 5.76. The fourth-order valence-electron chi connectivity index (χ4n) is 2.02. The number of nitro benzene ring substituents is 1. The summed E-state index contributed by atoms with van der Waals surface area (Å²) in [6.07, 6.45) is 0. The molecule has 0 aliphatic heterocycles. The topological polar surface area (TPSA) is 102 Å². The van der Waals surface area contributed by atoms with E-state index in [1.807, 2.05) is 0 Å². The van der Waals surface area contributed by atoms with Crippen molar-refractivity contribution in [3.63, 3.8) is 0 Å². The van der Waals surface area contributed by atoms with Gasteiger partial charge in [0.05, 0.1) is 4.92 Å². The fourth-order valence-corrected chi connectivity index (χ4v) is 2.29. The molecule has 0 aliphatic rings. The van der Waals surface area contributed by atoms with Crippen LogP contribution in [0.4, 0.5) is 11.4 Å². The number of hydrogen-bond acceptors (Lipinski definition) is 5. The molecule has 8 heteroatoms. The van der Waals surface area contributed by atoms with Gasteiger partial charge >= 0.3 is 0 Å². The minimum Gasteiger partial charge on any atom is -0.490 e. The molecule has 0 fully saturated rings. The highest BCUT2D eigenvalue weighted by Crippen LogP contribution is 2.23. The highest BCUT2D eigenvalue weighted by atomic mass is 79.9. The maximum Gasteiger partial charge on any atom is 0.272 e. The first kappa shape index (κ1) is 18.9. The zero-order valence-corrected chi connectivity index (χ0v) is 15.2. The third-order valence-corrected chi connectivity index (χ3v) is 4.00. The van der Waals surface area contributed by atoms with E-state index in [1.54, 1.807) is 31.2 Å². The molecule has 2 rings (SSSR count). The van der Waals surface area contributed by atoms with E-state index in [0.717, 1.165) is 4.47 Å². The van der Waals surface area contributed by atoms with Crippen molar-refractivity contribution in [3.05, 3.63) is 62.6 Å². The quantitative estimate of drug-likeness (QED) is 0.562. The third-order valence-electron chi connectivity index (χ3n) is 3.47. The second-order valence-electron chi connectivity index (χ2n) is 5.73. The van der Waals surface area contributed by atoms with Gasteiger partial charge in [0.2, 0.25) is 0 Å². The number of aryl methyl sites for hydroxylation is 1. The molecule has 0 saturated carbocycles. The Hall–Kier alpha value is -2.45. The second-order valence-corrected chi connectivity index (χ2v) is 6.64.